The third kappa shape index (κ3) is 6.14. The Bertz CT molecular complexity index is 3850. The van der Waals surface area contributed by atoms with Gasteiger partial charge in [0.25, 0.3) is 0 Å². The predicted octanol–water partition coefficient (Wildman–Crippen LogP) is 18.3. The number of nitrogens with zero attached hydrogens (tertiary/aromatic N) is 2. The van der Waals surface area contributed by atoms with Gasteiger partial charge in [0.05, 0.1) is 11.1 Å². The minimum atomic E-state index is -0.597. The first kappa shape index (κ1) is 40.2. The predicted molar refractivity (Wildman–Crippen MR) is 294 cm³/mol. The molecule has 2 aliphatic carbocycles. The van der Waals surface area contributed by atoms with Gasteiger partial charge < -0.3 is 9.80 Å². The van der Waals surface area contributed by atoms with Crippen molar-refractivity contribution < 1.29 is 0 Å². The highest BCUT2D eigenvalue weighted by Crippen LogP contribution is 2.67. The van der Waals surface area contributed by atoms with Crippen LogP contribution in [0, 0.1) is 12.1 Å². The number of thiophene rings is 1. The van der Waals surface area contributed by atoms with Gasteiger partial charge in [-0.05, 0) is 140 Å². The molecular weight excluding hydrogens is 865 g/mol. The monoisotopic (exact) mass is 906 g/mol. The smallest absolute Gasteiger partial charge is 0.0820 e. The zero-order chi connectivity index (χ0) is 46.2. The molecule has 11 aromatic carbocycles. The zero-order valence-electron chi connectivity index (χ0n) is 38.1. The normalized spacial score (nSPS) is 13.9. The summed E-state index contributed by atoms with van der Waals surface area (Å²) in [6, 6.07) is 99.9. The maximum atomic E-state index is 3.31. The third-order valence-corrected chi connectivity index (χ3v) is 15.8. The SMILES string of the molecule is c1cccc(-c2ccc(N(c3ccc(-c4ccccc4)cc3)c3ccc4c(c3)C3(c5ccccc5-4)c4cc(N(c5ccccc5)c5cccc6ccccc56)ccc4-c4c3sc3ccccc43)cc2)c#1. The molecule has 0 N–H and O–H groups in total. The van der Waals surface area contributed by atoms with E-state index in [1.807, 2.05) is 23.5 Å². The third-order valence-electron chi connectivity index (χ3n) is 14.5. The maximum Gasteiger partial charge on any atom is 0.0820 e. The highest BCUT2D eigenvalue weighted by molar-refractivity contribution is 7.20. The van der Waals surface area contributed by atoms with Gasteiger partial charge in [0, 0.05) is 59.9 Å². The molecule has 0 radical (unpaired) electrons. The van der Waals surface area contributed by atoms with Crippen LogP contribution in [0.5, 0.6) is 0 Å². The summed E-state index contributed by atoms with van der Waals surface area (Å²) in [5.74, 6) is 0. The summed E-state index contributed by atoms with van der Waals surface area (Å²) in [6.45, 7) is 0. The fraction of sp³-hybridized carbons (Fsp3) is 0.0149. The van der Waals surface area contributed by atoms with Crippen LogP contribution in [0.25, 0.3) is 65.4 Å². The van der Waals surface area contributed by atoms with Crippen LogP contribution in [0.15, 0.2) is 255 Å². The summed E-state index contributed by atoms with van der Waals surface area (Å²) in [6.07, 6.45) is 0. The van der Waals surface area contributed by atoms with Gasteiger partial charge in [-0.25, -0.2) is 0 Å². The molecular formula is C67H42N2S. The van der Waals surface area contributed by atoms with Crippen LogP contribution in [0.2, 0.25) is 0 Å². The molecule has 2 nitrogen and oxygen atoms in total. The minimum Gasteiger partial charge on any atom is -0.310 e. The lowest BCUT2D eigenvalue weighted by Crippen LogP contribution is -2.25. The first-order chi connectivity index (χ1) is 34.7. The van der Waals surface area contributed by atoms with E-state index in [1.165, 1.54) is 75.8 Å². The fourth-order valence-corrected chi connectivity index (χ4v) is 12.9. The number of rotatable bonds is 8. The Labute approximate surface area is 412 Å². The van der Waals surface area contributed by atoms with Gasteiger partial charge in [-0.2, -0.15) is 0 Å². The molecule has 2 aliphatic rings. The number of hydrogen-bond acceptors (Lipinski definition) is 3. The summed E-state index contributed by atoms with van der Waals surface area (Å²) in [7, 11) is 0. The van der Waals surface area contributed by atoms with E-state index in [0.717, 1.165) is 45.3 Å². The average Bonchev–Trinajstić information content (AvgIpc) is 4.06. The van der Waals surface area contributed by atoms with Gasteiger partial charge in [0.1, 0.15) is 0 Å². The molecule has 0 bridgehead atoms. The van der Waals surface area contributed by atoms with Crippen LogP contribution in [0.3, 0.4) is 0 Å². The van der Waals surface area contributed by atoms with Crippen molar-refractivity contribution in [1.82, 2.24) is 0 Å². The Hall–Kier alpha value is -8.94. The quantitative estimate of drug-likeness (QED) is 0.150. The minimum absolute atomic E-state index is 0.597. The van der Waals surface area contributed by atoms with E-state index in [2.05, 4.69) is 265 Å². The Kier molecular flexibility index (Phi) is 9.24. The largest absolute Gasteiger partial charge is 0.310 e. The van der Waals surface area contributed by atoms with Gasteiger partial charge in [0.2, 0.25) is 0 Å². The maximum absolute atomic E-state index is 3.31. The van der Waals surface area contributed by atoms with E-state index in [-0.39, 0.29) is 0 Å². The summed E-state index contributed by atoms with van der Waals surface area (Å²) >= 11 is 1.95. The molecule has 14 rings (SSSR count). The summed E-state index contributed by atoms with van der Waals surface area (Å²) in [5, 5.41) is 3.72. The molecule has 0 amide bonds. The van der Waals surface area contributed by atoms with Crippen molar-refractivity contribution in [2.24, 2.45) is 0 Å². The summed E-state index contributed by atoms with van der Waals surface area (Å²) in [4.78, 5) is 6.25. The molecule has 1 atom stereocenters. The first-order valence-corrected chi connectivity index (χ1v) is 24.7. The van der Waals surface area contributed by atoms with Crippen molar-refractivity contribution in [3.8, 4) is 44.5 Å². The second-order valence-corrected chi connectivity index (χ2v) is 19.3. The van der Waals surface area contributed by atoms with Crippen LogP contribution >= 0.6 is 11.3 Å². The molecule has 0 saturated carbocycles. The molecule has 0 saturated heterocycles. The van der Waals surface area contributed by atoms with E-state index in [1.54, 1.807) is 0 Å². The van der Waals surface area contributed by atoms with Gasteiger partial charge in [0.15, 0.2) is 0 Å². The van der Waals surface area contributed by atoms with Gasteiger partial charge in [-0.3, -0.25) is 0 Å². The molecule has 70 heavy (non-hydrogen) atoms. The van der Waals surface area contributed by atoms with Gasteiger partial charge in [-0.15, -0.1) is 11.3 Å². The Morgan fingerprint density at radius 1 is 0.371 bits per heavy atom. The summed E-state index contributed by atoms with van der Waals surface area (Å²) < 4.78 is 1.30. The summed E-state index contributed by atoms with van der Waals surface area (Å²) in [5.41, 5.74) is 19.6. The molecule has 0 fully saturated rings. The standard InChI is InChI=1S/C67H42N2S/c1-4-17-45(18-5-1)47-31-35-51(36-32-47)68(52-37-33-48(34-38-52)46-19-6-2-7-20-46)53-39-41-57-56-26-12-14-28-60(56)67(61(57)43-53)62-44-54(40-42-58(62)65-59-27-13-15-30-64(59)70-66(65)67)69(50-23-8-3-9-24-50)63-29-16-22-49-21-10-11-25-55(49)63/h1-6,8-19,21-44H. The van der Waals surface area contributed by atoms with E-state index in [4.69, 9.17) is 0 Å². The molecule has 1 spiro atoms. The lowest BCUT2D eigenvalue weighted by molar-refractivity contribution is 0.811. The Morgan fingerprint density at radius 2 is 0.943 bits per heavy atom. The molecule has 1 heterocycles. The zero-order valence-corrected chi connectivity index (χ0v) is 38.9. The van der Waals surface area contributed by atoms with Crippen molar-refractivity contribution in [2.75, 3.05) is 9.80 Å². The van der Waals surface area contributed by atoms with Crippen LogP contribution in [0.4, 0.5) is 34.1 Å². The molecule has 0 aliphatic heterocycles. The van der Waals surface area contributed by atoms with E-state index in [0.29, 0.717) is 0 Å². The second kappa shape index (κ2) is 16.1. The fourth-order valence-electron chi connectivity index (χ4n) is 11.4. The van der Waals surface area contributed by atoms with Crippen molar-refractivity contribution >= 4 is 66.3 Å². The number of anilines is 6. The highest BCUT2D eigenvalue weighted by atomic mass is 32.1. The molecule has 1 unspecified atom stereocenters. The molecule has 326 valence electrons. The number of para-hydroxylation sites is 1. The Morgan fingerprint density at radius 3 is 1.71 bits per heavy atom. The van der Waals surface area contributed by atoms with Crippen molar-refractivity contribution in [3.63, 3.8) is 0 Å². The van der Waals surface area contributed by atoms with E-state index >= 15 is 0 Å². The topological polar surface area (TPSA) is 6.48 Å². The first-order valence-electron chi connectivity index (χ1n) is 23.9. The molecule has 3 heteroatoms. The van der Waals surface area contributed by atoms with Crippen molar-refractivity contribution in [3.05, 3.63) is 288 Å². The van der Waals surface area contributed by atoms with Crippen LogP contribution in [-0.4, -0.2) is 0 Å². The molecule has 1 aromatic heterocycles. The van der Waals surface area contributed by atoms with E-state index < -0.39 is 5.41 Å². The lowest BCUT2D eigenvalue weighted by atomic mass is 9.73. The highest BCUT2D eigenvalue weighted by Gasteiger charge is 2.54. The lowest BCUT2D eigenvalue weighted by Gasteiger charge is -2.33. The van der Waals surface area contributed by atoms with E-state index in [9.17, 15) is 0 Å². The number of hydrogen-bond donors (Lipinski definition) is 0. The average molecular weight is 907 g/mol. The van der Waals surface area contributed by atoms with Crippen molar-refractivity contribution in [2.45, 2.75) is 5.41 Å². The molecule has 12 aromatic rings. The van der Waals surface area contributed by atoms with Crippen LogP contribution < -0.4 is 9.80 Å². The second-order valence-electron chi connectivity index (χ2n) is 18.2. The number of benzene rings is 10. The van der Waals surface area contributed by atoms with Crippen molar-refractivity contribution in [1.29, 1.82) is 0 Å². The van der Waals surface area contributed by atoms with Crippen LogP contribution in [0.1, 0.15) is 21.6 Å². The van der Waals surface area contributed by atoms with Crippen LogP contribution in [-0.2, 0) is 5.41 Å². The Balaban J connectivity index is 1.02. The van der Waals surface area contributed by atoms with Gasteiger partial charge in [-0.1, -0.05) is 182 Å². The number of fused-ring (bicyclic) bond motifs is 13. The van der Waals surface area contributed by atoms with Gasteiger partial charge >= 0.3 is 0 Å².